The molecule has 0 bridgehead atoms. The fourth-order valence-corrected chi connectivity index (χ4v) is 5.27. The number of ether oxygens (including phenoxy) is 2. The Balaban J connectivity index is 1.62. The summed E-state index contributed by atoms with van der Waals surface area (Å²) in [6.45, 7) is 5.48. The largest absolute Gasteiger partial charge is 0.497 e. The lowest BCUT2D eigenvalue weighted by Crippen LogP contribution is -2.46. The molecule has 0 spiro atoms. The molecule has 4 aromatic rings. The van der Waals surface area contributed by atoms with Gasteiger partial charge in [0.2, 0.25) is 10.0 Å². The van der Waals surface area contributed by atoms with Gasteiger partial charge in [0.15, 0.2) is 0 Å². The summed E-state index contributed by atoms with van der Waals surface area (Å²) in [7, 11) is -2.40. The Kier molecular flexibility index (Phi) is 7.99. The molecule has 0 aliphatic rings. The van der Waals surface area contributed by atoms with Crippen molar-refractivity contribution in [1.29, 1.82) is 0 Å². The molecule has 8 nitrogen and oxygen atoms in total. The number of carbonyl (C=O) groups excluding carboxylic acids is 1. The molecule has 0 aliphatic heterocycles. The Morgan fingerprint density at radius 3 is 2.26 bits per heavy atom. The predicted octanol–water partition coefficient (Wildman–Crippen LogP) is 5.08. The highest BCUT2D eigenvalue weighted by molar-refractivity contribution is 7.89. The second-order valence-electron chi connectivity index (χ2n) is 9.08. The highest BCUT2D eigenvalue weighted by Gasteiger charge is 2.31. The molecule has 38 heavy (non-hydrogen) atoms. The Morgan fingerprint density at radius 2 is 1.63 bits per heavy atom. The van der Waals surface area contributed by atoms with Crippen LogP contribution in [-0.2, 0) is 14.8 Å². The number of nitrogens with one attached hydrogen (secondary N) is 1. The van der Waals surface area contributed by atoms with Crippen LogP contribution in [0.2, 0.25) is 0 Å². The number of sulfonamides is 1. The molecule has 4 rings (SSSR count). The first kappa shape index (κ1) is 27.1. The first-order valence-corrected chi connectivity index (χ1v) is 13.6. The molecule has 0 fully saturated rings. The molecule has 2 atom stereocenters. The zero-order chi connectivity index (χ0) is 27.4. The Bertz CT molecular complexity index is 1610. The molecule has 0 amide bonds. The first-order chi connectivity index (χ1) is 18.1. The minimum absolute atomic E-state index is 0.0581. The maximum absolute atomic E-state index is 13.2. The predicted molar refractivity (Wildman–Crippen MR) is 145 cm³/mol. The van der Waals surface area contributed by atoms with E-state index in [0.29, 0.717) is 23.1 Å². The lowest BCUT2D eigenvalue weighted by atomic mass is 10.0. The van der Waals surface area contributed by atoms with Gasteiger partial charge in [-0.2, -0.15) is 4.72 Å². The van der Waals surface area contributed by atoms with E-state index in [4.69, 9.17) is 13.9 Å². The van der Waals surface area contributed by atoms with Crippen LogP contribution >= 0.6 is 0 Å². The molecule has 1 N–H and O–H groups in total. The normalized spacial score (nSPS) is 13.2. The summed E-state index contributed by atoms with van der Waals surface area (Å²) in [6.07, 6.45) is 0.536. The summed E-state index contributed by atoms with van der Waals surface area (Å²) >= 11 is 0. The van der Waals surface area contributed by atoms with Gasteiger partial charge in [0.25, 0.3) is 0 Å². The summed E-state index contributed by atoms with van der Waals surface area (Å²) in [5, 5.41) is 0.646. The maximum atomic E-state index is 13.2. The molecule has 0 radical (unpaired) electrons. The van der Waals surface area contributed by atoms with Crippen molar-refractivity contribution in [3.05, 3.63) is 88.8 Å². The third-order valence-electron chi connectivity index (χ3n) is 6.42. The monoisotopic (exact) mass is 535 g/mol. The van der Waals surface area contributed by atoms with Gasteiger partial charge < -0.3 is 13.9 Å². The van der Waals surface area contributed by atoms with Crippen molar-refractivity contribution >= 4 is 27.0 Å². The molecule has 0 saturated heterocycles. The van der Waals surface area contributed by atoms with Crippen molar-refractivity contribution in [2.24, 2.45) is 5.92 Å². The van der Waals surface area contributed by atoms with Gasteiger partial charge in [-0.3, -0.25) is 0 Å². The number of rotatable bonds is 9. The smallest absolute Gasteiger partial charge is 0.336 e. The topological polar surface area (TPSA) is 112 Å². The zero-order valence-electron chi connectivity index (χ0n) is 21.6. The second kappa shape index (κ2) is 11.2. The van der Waals surface area contributed by atoms with Crippen LogP contribution < -0.4 is 19.8 Å². The number of esters is 1. The van der Waals surface area contributed by atoms with Crippen molar-refractivity contribution in [1.82, 2.24) is 4.72 Å². The van der Waals surface area contributed by atoms with Crippen molar-refractivity contribution in [3.8, 4) is 22.6 Å². The van der Waals surface area contributed by atoms with E-state index in [1.807, 2.05) is 26.0 Å². The molecule has 1 aromatic heterocycles. The molecule has 0 saturated carbocycles. The fourth-order valence-electron chi connectivity index (χ4n) is 3.98. The van der Waals surface area contributed by atoms with Gasteiger partial charge in [-0.25, -0.2) is 18.0 Å². The minimum Gasteiger partial charge on any atom is -0.497 e. The average molecular weight is 536 g/mol. The molecule has 9 heteroatoms. The lowest BCUT2D eigenvalue weighted by Gasteiger charge is -2.22. The van der Waals surface area contributed by atoms with Gasteiger partial charge in [-0.1, -0.05) is 50.1 Å². The molecule has 0 unspecified atom stereocenters. The van der Waals surface area contributed by atoms with Gasteiger partial charge in [-0.05, 0) is 60.4 Å². The van der Waals surface area contributed by atoms with Crippen molar-refractivity contribution in [2.75, 3.05) is 7.11 Å². The molecule has 198 valence electrons. The van der Waals surface area contributed by atoms with Crippen molar-refractivity contribution < 1.29 is 27.1 Å². The van der Waals surface area contributed by atoms with E-state index in [0.717, 1.165) is 11.1 Å². The number of methoxy groups -OCH3 is 1. The number of hydrogen-bond acceptors (Lipinski definition) is 7. The van der Waals surface area contributed by atoms with Crippen LogP contribution in [0.25, 0.3) is 22.1 Å². The van der Waals surface area contributed by atoms with Crippen molar-refractivity contribution in [2.45, 2.75) is 38.1 Å². The fraction of sp³-hybridized carbons (Fsp3) is 0.241. The Morgan fingerprint density at radius 1 is 0.974 bits per heavy atom. The van der Waals surface area contributed by atoms with Crippen LogP contribution in [0.5, 0.6) is 11.5 Å². The summed E-state index contributed by atoms with van der Waals surface area (Å²) < 4.78 is 44.6. The highest BCUT2D eigenvalue weighted by Crippen LogP contribution is 2.31. The summed E-state index contributed by atoms with van der Waals surface area (Å²) in [4.78, 5) is 25.5. The molecular weight excluding hydrogens is 506 g/mol. The third-order valence-corrected chi connectivity index (χ3v) is 7.87. The number of carbonyl (C=O) groups is 1. The molecule has 0 aliphatic carbocycles. The second-order valence-corrected chi connectivity index (χ2v) is 10.8. The number of benzene rings is 3. The molecular formula is C29H29NO7S. The van der Waals surface area contributed by atoms with E-state index < -0.39 is 27.7 Å². The standard InChI is InChI=1S/C29H29NO7S/c1-5-19(3)28(30-38(33,34)23-13-6-18(2)7-14-23)29(32)36-22-12-15-24-25(17-27(31)37-26(24)16-22)20-8-10-21(35-4)11-9-20/h6-17,19,28,30H,5H2,1-4H3/t19-,28-/m1/s1. The quantitative estimate of drug-likeness (QED) is 0.181. The van der Waals surface area contributed by atoms with E-state index >= 15 is 0 Å². The van der Waals surface area contributed by atoms with Crippen molar-refractivity contribution in [3.63, 3.8) is 0 Å². The summed E-state index contributed by atoms with van der Waals surface area (Å²) in [5.41, 5.74) is 2.03. The number of aryl methyl sites for hydroxylation is 1. The lowest BCUT2D eigenvalue weighted by molar-refractivity contribution is -0.137. The average Bonchev–Trinajstić information content (AvgIpc) is 2.91. The highest BCUT2D eigenvalue weighted by atomic mass is 32.2. The number of hydrogen-bond donors (Lipinski definition) is 1. The van der Waals surface area contributed by atoms with E-state index in [1.165, 1.54) is 24.3 Å². The van der Waals surface area contributed by atoms with Gasteiger partial charge in [-0.15, -0.1) is 0 Å². The van der Waals surface area contributed by atoms with E-state index in [-0.39, 0.29) is 22.1 Å². The van der Waals surface area contributed by atoms with E-state index in [9.17, 15) is 18.0 Å². The maximum Gasteiger partial charge on any atom is 0.336 e. The Labute approximate surface area is 221 Å². The van der Waals surface area contributed by atoms with Gasteiger partial charge in [0.05, 0.1) is 12.0 Å². The van der Waals surface area contributed by atoms with Gasteiger partial charge in [0, 0.05) is 17.5 Å². The van der Waals surface area contributed by atoms with Crippen LogP contribution in [0.4, 0.5) is 0 Å². The van der Waals surface area contributed by atoms with Gasteiger partial charge in [0.1, 0.15) is 23.1 Å². The van der Waals surface area contributed by atoms with Crippen LogP contribution in [-0.4, -0.2) is 27.5 Å². The summed E-state index contributed by atoms with van der Waals surface area (Å²) in [6, 6.07) is 18.6. The number of fused-ring (bicyclic) bond motifs is 1. The van der Waals surface area contributed by atoms with Crippen LogP contribution in [0, 0.1) is 12.8 Å². The van der Waals surface area contributed by atoms with Crippen LogP contribution in [0.3, 0.4) is 0 Å². The van der Waals surface area contributed by atoms with E-state index in [2.05, 4.69) is 4.72 Å². The van der Waals surface area contributed by atoms with E-state index in [1.54, 1.807) is 50.4 Å². The summed E-state index contributed by atoms with van der Waals surface area (Å²) in [5.74, 6) is -0.296. The van der Waals surface area contributed by atoms with Crippen LogP contribution in [0.15, 0.2) is 86.9 Å². The minimum atomic E-state index is -3.97. The van der Waals surface area contributed by atoms with Gasteiger partial charge >= 0.3 is 11.6 Å². The molecule has 1 heterocycles. The zero-order valence-corrected chi connectivity index (χ0v) is 22.4. The third kappa shape index (κ3) is 5.95. The SMILES string of the molecule is CC[C@@H](C)[C@@H](NS(=O)(=O)c1ccc(C)cc1)C(=O)Oc1ccc2c(-c3ccc(OC)cc3)cc(=O)oc2c1. The molecule has 3 aromatic carbocycles. The Hall–Kier alpha value is -3.95. The van der Waals surface area contributed by atoms with Crippen LogP contribution in [0.1, 0.15) is 25.8 Å². The first-order valence-electron chi connectivity index (χ1n) is 12.1.